The van der Waals surface area contributed by atoms with Crippen molar-refractivity contribution in [2.75, 3.05) is 0 Å². The van der Waals surface area contributed by atoms with E-state index in [1.54, 1.807) is 30.3 Å². The summed E-state index contributed by atoms with van der Waals surface area (Å²) in [4.78, 5) is 22.3. The number of hydrogen-bond donors (Lipinski definition) is 1. The Labute approximate surface area is 182 Å². The van der Waals surface area contributed by atoms with Crippen molar-refractivity contribution in [3.8, 4) is 5.75 Å². The van der Waals surface area contributed by atoms with Crippen molar-refractivity contribution >= 4 is 41.0 Å². The van der Waals surface area contributed by atoms with Crippen molar-refractivity contribution < 1.29 is 14.5 Å². The first-order chi connectivity index (χ1) is 14.4. The third kappa shape index (κ3) is 5.79. The van der Waals surface area contributed by atoms with Crippen LogP contribution >= 0.6 is 23.2 Å². The zero-order chi connectivity index (χ0) is 21.5. The normalized spacial score (nSPS) is 10.7. The minimum atomic E-state index is -0.538. The van der Waals surface area contributed by atoms with Crippen LogP contribution in [-0.2, 0) is 6.61 Å². The van der Waals surface area contributed by atoms with Gasteiger partial charge in [0.1, 0.15) is 12.4 Å². The second kappa shape index (κ2) is 9.87. The molecule has 0 aliphatic rings. The van der Waals surface area contributed by atoms with E-state index in [9.17, 15) is 14.9 Å². The number of benzene rings is 3. The molecule has 0 radical (unpaired) electrons. The third-order valence-corrected chi connectivity index (χ3v) is 4.44. The number of hydrogen-bond acceptors (Lipinski definition) is 5. The van der Waals surface area contributed by atoms with Crippen molar-refractivity contribution in [3.63, 3.8) is 0 Å². The van der Waals surface area contributed by atoms with Gasteiger partial charge < -0.3 is 4.74 Å². The minimum Gasteiger partial charge on any atom is -0.488 e. The third-order valence-electron chi connectivity index (χ3n) is 3.97. The number of halogens is 2. The number of amides is 1. The van der Waals surface area contributed by atoms with Gasteiger partial charge in [0, 0.05) is 33.3 Å². The molecule has 3 rings (SSSR count). The van der Waals surface area contributed by atoms with E-state index in [-0.39, 0.29) is 17.9 Å². The summed E-state index contributed by atoms with van der Waals surface area (Å²) in [6, 6.07) is 17.5. The second-order valence-corrected chi connectivity index (χ2v) is 6.98. The van der Waals surface area contributed by atoms with Crippen LogP contribution in [-0.4, -0.2) is 17.0 Å². The van der Waals surface area contributed by atoms with Crippen LogP contribution in [0.15, 0.2) is 71.8 Å². The number of rotatable bonds is 7. The predicted octanol–water partition coefficient (Wildman–Crippen LogP) is 5.24. The molecule has 152 valence electrons. The summed E-state index contributed by atoms with van der Waals surface area (Å²) in [5.74, 6) is 0.0114. The summed E-state index contributed by atoms with van der Waals surface area (Å²) in [5.41, 5.74) is 3.96. The molecule has 0 aliphatic heterocycles. The van der Waals surface area contributed by atoms with Gasteiger partial charge in [-0.3, -0.25) is 14.9 Å². The molecule has 30 heavy (non-hydrogen) atoms. The molecule has 3 aromatic rings. The number of carbonyl (C=O) groups excluding carboxylic acids is 1. The maximum Gasteiger partial charge on any atom is 0.271 e. The number of ether oxygens (including phenoxy) is 1. The first-order valence-corrected chi connectivity index (χ1v) is 9.42. The van der Waals surface area contributed by atoms with Gasteiger partial charge in [-0.25, -0.2) is 5.43 Å². The van der Waals surface area contributed by atoms with Gasteiger partial charge in [0.15, 0.2) is 0 Å². The van der Waals surface area contributed by atoms with Crippen molar-refractivity contribution in [2.24, 2.45) is 5.10 Å². The van der Waals surface area contributed by atoms with Gasteiger partial charge in [-0.15, -0.1) is 0 Å². The zero-order valence-electron chi connectivity index (χ0n) is 15.4. The highest BCUT2D eigenvalue weighted by Crippen LogP contribution is 2.23. The van der Waals surface area contributed by atoms with E-state index in [0.29, 0.717) is 21.4 Å². The van der Waals surface area contributed by atoms with Gasteiger partial charge in [0.2, 0.25) is 0 Å². The molecule has 0 heterocycles. The molecular weight excluding hydrogens is 429 g/mol. The number of nitro groups is 1. The summed E-state index contributed by atoms with van der Waals surface area (Å²) < 4.78 is 5.83. The Morgan fingerprint density at radius 1 is 1.07 bits per heavy atom. The first-order valence-electron chi connectivity index (χ1n) is 8.67. The number of nitro benzene ring substituents is 1. The predicted molar refractivity (Wildman–Crippen MR) is 115 cm³/mol. The summed E-state index contributed by atoms with van der Waals surface area (Å²) in [6.07, 6.45) is 1.41. The van der Waals surface area contributed by atoms with Gasteiger partial charge in [0.25, 0.3) is 11.6 Å². The Kier molecular flexibility index (Phi) is 7.00. The monoisotopic (exact) mass is 443 g/mol. The zero-order valence-corrected chi connectivity index (χ0v) is 16.9. The summed E-state index contributed by atoms with van der Waals surface area (Å²) >= 11 is 12.0. The first kappa shape index (κ1) is 21.3. The number of carbonyl (C=O) groups is 1. The topological polar surface area (TPSA) is 93.8 Å². The lowest BCUT2D eigenvalue weighted by atomic mass is 10.2. The summed E-state index contributed by atoms with van der Waals surface area (Å²) in [6.45, 7) is 0.290. The molecule has 1 amide bonds. The molecule has 0 aromatic heterocycles. The fourth-order valence-corrected chi connectivity index (χ4v) is 2.89. The van der Waals surface area contributed by atoms with E-state index < -0.39 is 10.8 Å². The molecule has 7 nitrogen and oxygen atoms in total. The average Bonchev–Trinajstić information content (AvgIpc) is 2.73. The molecule has 3 aromatic carbocycles. The van der Waals surface area contributed by atoms with Gasteiger partial charge >= 0.3 is 0 Å². The molecule has 1 N–H and O–H groups in total. The lowest BCUT2D eigenvalue weighted by molar-refractivity contribution is -0.384. The maximum atomic E-state index is 12.1. The molecule has 0 aliphatic carbocycles. The standard InChI is InChI=1S/C21H15Cl2N3O4/c22-17-3-1-2-14(10-17)13-30-20-9-6-18(23)11-16(20)12-24-25-21(27)15-4-7-19(8-5-15)26(28)29/h1-12H,13H2,(H,25,27)/b24-12+. The van der Waals surface area contributed by atoms with Gasteiger partial charge in [-0.1, -0.05) is 35.3 Å². The van der Waals surface area contributed by atoms with E-state index in [0.717, 1.165) is 5.56 Å². The van der Waals surface area contributed by atoms with E-state index in [1.807, 2.05) is 12.1 Å². The largest absolute Gasteiger partial charge is 0.488 e. The molecule has 0 saturated heterocycles. The highest BCUT2D eigenvalue weighted by atomic mass is 35.5. The van der Waals surface area contributed by atoms with Gasteiger partial charge in [-0.05, 0) is 48.0 Å². The number of nitrogens with one attached hydrogen (secondary N) is 1. The fraction of sp³-hybridized carbons (Fsp3) is 0.0476. The molecule has 0 atom stereocenters. The molecule has 0 saturated carbocycles. The summed E-state index contributed by atoms with van der Waals surface area (Å²) in [7, 11) is 0. The van der Waals surface area contributed by atoms with Crippen molar-refractivity contribution in [3.05, 3.63) is 104 Å². The van der Waals surface area contributed by atoms with Crippen molar-refractivity contribution in [1.29, 1.82) is 0 Å². The van der Waals surface area contributed by atoms with Crippen molar-refractivity contribution in [2.45, 2.75) is 6.61 Å². The Hall–Kier alpha value is -3.42. The Balaban J connectivity index is 1.67. The van der Waals surface area contributed by atoms with Crippen LogP contribution in [0.5, 0.6) is 5.75 Å². The van der Waals surface area contributed by atoms with E-state index in [4.69, 9.17) is 27.9 Å². The molecule has 0 unspecified atom stereocenters. The maximum absolute atomic E-state index is 12.1. The van der Waals surface area contributed by atoms with Crippen LogP contribution in [0.25, 0.3) is 0 Å². The molecule has 9 heteroatoms. The minimum absolute atomic E-state index is 0.101. The number of non-ortho nitro benzene ring substituents is 1. The van der Waals surface area contributed by atoms with E-state index in [2.05, 4.69) is 10.5 Å². The number of nitrogens with zero attached hydrogens (tertiary/aromatic N) is 2. The SMILES string of the molecule is O=C(N/N=C/c1cc(Cl)ccc1OCc1cccc(Cl)c1)c1ccc([N+](=O)[O-])cc1. The highest BCUT2D eigenvalue weighted by Gasteiger charge is 2.09. The van der Waals surface area contributed by atoms with Crippen molar-refractivity contribution in [1.82, 2.24) is 5.43 Å². The molecule has 0 fully saturated rings. The summed E-state index contributed by atoms with van der Waals surface area (Å²) in [5, 5.41) is 15.7. The van der Waals surface area contributed by atoms with Crippen LogP contribution in [0.1, 0.15) is 21.5 Å². The molecule has 0 bridgehead atoms. The van der Waals surface area contributed by atoms with E-state index in [1.165, 1.54) is 30.5 Å². The Morgan fingerprint density at radius 2 is 1.80 bits per heavy atom. The van der Waals surface area contributed by atoms with Crippen LogP contribution in [0.4, 0.5) is 5.69 Å². The van der Waals surface area contributed by atoms with Gasteiger partial charge in [0.05, 0.1) is 11.1 Å². The average molecular weight is 444 g/mol. The van der Waals surface area contributed by atoms with Crippen LogP contribution in [0.3, 0.4) is 0 Å². The second-order valence-electron chi connectivity index (χ2n) is 6.10. The van der Waals surface area contributed by atoms with Gasteiger partial charge in [-0.2, -0.15) is 5.10 Å². The van der Waals surface area contributed by atoms with E-state index >= 15 is 0 Å². The smallest absolute Gasteiger partial charge is 0.271 e. The molecule has 0 spiro atoms. The van der Waals surface area contributed by atoms with Crippen LogP contribution < -0.4 is 10.2 Å². The highest BCUT2D eigenvalue weighted by molar-refractivity contribution is 6.31. The van der Waals surface area contributed by atoms with Crippen LogP contribution in [0, 0.1) is 10.1 Å². The lowest BCUT2D eigenvalue weighted by Gasteiger charge is -2.10. The lowest BCUT2D eigenvalue weighted by Crippen LogP contribution is -2.17. The Morgan fingerprint density at radius 3 is 2.50 bits per heavy atom. The number of hydrazone groups is 1. The Bertz CT molecular complexity index is 1100. The fourth-order valence-electron chi connectivity index (χ4n) is 2.50. The molecular formula is C21H15Cl2N3O4. The quantitative estimate of drug-likeness (QED) is 0.306. The van der Waals surface area contributed by atoms with Crippen LogP contribution in [0.2, 0.25) is 10.0 Å².